The second-order valence-corrected chi connectivity index (χ2v) is 7.96. The highest BCUT2D eigenvalue weighted by molar-refractivity contribution is 9.10. The molecule has 0 saturated heterocycles. The fourth-order valence-corrected chi connectivity index (χ4v) is 4.41. The number of nitrogens with zero attached hydrogens (tertiary/aromatic N) is 3. The molecule has 0 N–H and O–H groups in total. The Labute approximate surface area is 178 Å². The van der Waals surface area contributed by atoms with Crippen LogP contribution in [0.1, 0.15) is 47.5 Å². The molecule has 0 amide bonds. The van der Waals surface area contributed by atoms with E-state index < -0.39 is 0 Å². The van der Waals surface area contributed by atoms with Crippen LogP contribution in [-0.4, -0.2) is 34.7 Å². The van der Waals surface area contributed by atoms with Crippen LogP contribution in [0.2, 0.25) is 0 Å². The monoisotopic (exact) mass is 455 g/mol. The first-order chi connectivity index (χ1) is 14.1. The number of carbonyl (C=O) groups is 1. The molecule has 2 heterocycles. The standard InChI is InChI=1S/C22H22BrN3O3/c1-14-21-18(12-20(27)28-2)24-25-26(21)19(15-8-4-3-5-9-15)13-29-22(14)16-10-6-7-11-17(16)23/h3-11,14,19,22H,12-13H2,1-2H3/t14-,19+,22+/m0/s1. The number of aromatic nitrogens is 3. The average molecular weight is 456 g/mol. The number of benzene rings is 2. The first kappa shape index (κ1) is 19.8. The van der Waals surface area contributed by atoms with E-state index >= 15 is 0 Å². The Balaban J connectivity index is 1.82. The van der Waals surface area contributed by atoms with Crippen LogP contribution in [0.5, 0.6) is 0 Å². The van der Waals surface area contributed by atoms with E-state index in [0.717, 1.165) is 21.3 Å². The molecule has 1 aliphatic rings. The van der Waals surface area contributed by atoms with Crippen LogP contribution < -0.4 is 0 Å². The van der Waals surface area contributed by atoms with Crippen LogP contribution in [0.15, 0.2) is 59.1 Å². The van der Waals surface area contributed by atoms with Crippen molar-refractivity contribution in [1.29, 1.82) is 0 Å². The number of hydrogen-bond donors (Lipinski definition) is 0. The van der Waals surface area contributed by atoms with Gasteiger partial charge in [-0.05, 0) is 17.2 Å². The van der Waals surface area contributed by atoms with E-state index in [-0.39, 0.29) is 30.5 Å². The molecule has 0 radical (unpaired) electrons. The van der Waals surface area contributed by atoms with Gasteiger partial charge in [-0.3, -0.25) is 4.79 Å². The van der Waals surface area contributed by atoms with Crippen molar-refractivity contribution >= 4 is 21.9 Å². The number of hydrogen-bond acceptors (Lipinski definition) is 5. The van der Waals surface area contributed by atoms with Crippen molar-refractivity contribution in [3.63, 3.8) is 0 Å². The molecule has 3 atom stereocenters. The molecule has 0 unspecified atom stereocenters. The third kappa shape index (κ3) is 3.84. The molecule has 4 rings (SSSR count). The summed E-state index contributed by atoms with van der Waals surface area (Å²) in [5.41, 5.74) is 3.68. The lowest BCUT2D eigenvalue weighted by Crippen LogP contribution is -2.18. The summed E-state index contributed by atoms with van der Waals surface area (Å²) in [5, 5.41) is 8.78. The Bertz CT molecular complexity index is 1010. The molecule has 150 valence electrons. The van der Waals surface area contributed by atoms with Gasteiger partial charge in [-0.25, -0.2) is 4.68 Å². The maximum absolute atomic E-state index is 12.0. The Morgan fingerprint density at radius 1 is 1.21 bits per heavy atom. The summed E-state index contributed by atoms with van der Waals surface area (Å²) in [4.78, 5) is 12.0. The molecule has 0 saturated carbocycles. The zero-order valence-electron chi connectivity index (χ0n) is 16.3. The number of methoxy groups -OCH3 is 1. The third-order valence-corrected chi connectivity index (χ3v) is 6.08. The Morgan fingerprint density at radius 3 is 2.66 bits per heavy atom. The van der Waals surface area contributed by atoms with Gasteiger partial charge < -0.3 is 9.47 Å². The molecule has 1 aromatic heterocycles. The SMILES string of the molecule is COC(=O)Cc1nnn2c1[C@H](C)[C@H](c1ccccc1Br)OC[C@@H]2c1ccccc1. The summed E-state index contributed by atoms with van der Waals surface area (Å²) < 4.78 is 14.2. The molecule has 0 spiro atoms. The molecule has 7 heteroatoms. The van der Waals surface area contributed by atoms with E-state index in [1.54, 1.807) is 0 Å². The summed E-state index contributed by atoms with van der Waals surface area (Å²) in [7, 11) is 1.38. The Morgan fingerprint density at radius 2 is 1.93 bits per heavy atom. The van der Waals surface area contributed by atoms with Gasteiger partial charge in [0.2, 0.25) is 0 Å². The van der Waals surface area contributed by atoms with E-state index in [1.807, 2.05) is 41.1 Å². The predicted molar refractivity (Wildman–Crippen MR) is 112 cm³/mol. The molecule has 0 fully saturated rings. The second-order valence-electron chi connectivity index (χ2n) is 7.11. The largest absolute Gasteiger partial charge is 0.469 e. The third-order valence-electron chi connectivity index (χ3n) is 5.35. The number of halogens is 1. The van der Waals surface area contributed by atoms with Crippen LogP contribution in [0, 0.1) is 0 Å². The van der Waals surface area contributed by atoms with E-state index in [9.17, 15) is 4.79 Å². The van der Waals surface area contributed by atoms with Gasteiger partial charge >= 0.3 is 5.97 Å². The molecule has 3 aromatic rings. The minimum atomic E-state index is -0.334. The van der Waals surface area contributed by atoms with Gasteiger partial charge in [0.15, 0.2) is 0 Å². The van der Waals surface area contributed by atoms with Crippen molar-refractivity contribution in [3.05, 3.63) is 81.6 Å². The topological polar surface area (TPSA) is 66.2 Å². The minimum absolute atomic E-state index is 0.0583. The summed E-state index contributed by atoms with van der Waals surface area (Å²) in [6.45, 7) is 2.54. The number of ether oxygens (including phenoxy) is 2. The molecular formula is C22H22BrN3O3. The molecule has 1 aliphatic heterocycles. The summed E-state index contributed by atoms with van der Waals surface area (Å²) in [6.07, 6.45) is -0.117. The molecular weight excluding hydrogens is 434 g/mol. The maximum Gasteiger partial charge on any atom is 0.311 e. The van der Waals surface area contributed by atoms with E-state index in [0.29, 0.717) is 12.3 Å². The van der Waals surface area contributed by atoms with Crippen molar-refractivity contribution in [1.82, 2.24) is 15.0 Å². The molecule has 2 aromatic carbocycles. The van der Waals surface area contributed by atoms with Crippen molar-refractivity contribution in [2.24, 2.45) is 0 Å². The summed E-state index contributed by atoms with van der Waals surface area (Å²) >= 11 is 3.65. The van der Waals surface area contributed by atoms with Crippen LogP contribution in [0.25, 0.3) is 0 Å². The fraction of sp³-hybridized carbons (Fsp3) is 0.318. The predicted octanol–water partition coefficient (Wildman–Crippen LogP) is 4.22. The highest BCUT2D eigenvalue weighted by Crippen LogP contribution is 2.42. The van der Waals surface area contributed by atoms with Crippen LogP contribution in [0.3, 0.4) is 0 Å². The maximum atomic E-state index is 12.0. The highest BCUT2D eigenvalue weighted by Gasteiger charge is 2.36. The quantitative estimate of drug-likeness (QED) is 0.550. The van der Waals surface area contributed by atoms with Gasteiger partial charge in [0, 0.05) is 10.4 Å². The van der Waals surface area contributed by atoms with Crippen molar-refractivity contribution < 1.29 is 14.3 Å². The second kappa shape index (κ2) is 8.47. The van der Waals surface area contributed by atoms with Gasteiger partial charge in [0.1, 0.15) is 6.04 Å². The smallest absolute Gasteiger partial charge is 0.311 e. The zero-order chi connectivity index (χ0) is 20.4. The average Bonchev–Trinajstić information content (AvgIpc) is 3.08. The van der Waals surface area contributed by atoms with Crippen LogP contribution in [-0.2, 0) is 20.7 Å². The lowest BCUT2D eigenvalue weighted by molar-refractivity contribution is -0.139. The van der Waals surface area contributed by atoms with E-state index in [4.69, 9.17) is 9.47 Å². The summed E-state index contributed by atoms with van der Waals surface area (Å²) in [5.74, 6) is -0.392. The molecule has 29 heavy (non-hydrogen) atoms. The van der Waals surface area contributed by atoms with Gasteiger partial charge in [-0.1, -0.05) is 76.6 Å². The highest BCUT2D eigenvalue weighted by atomic mass is 79.9. The van der Waals surface area contributed by atoms with Gasteiger partial charge in [-0.15, -0.1) is 5.10 Å². The fourth-order valence-electron chi connectivity index (χ4n) is 3.90. The minimum Gasteiger partial charge on any atom is -0.469 e. The van der Waals surface area contributed by atoms with E-state index in [1.165, 1.54) is 7.11 Å². The van der Waals surface area contributed by atoms with Crippen LogP contribution >= 0.6 is 15.9 Å². The molecule has 6 nitrogen and oxygen atoms in total. The lowest BCUT2D eigenvalue weighted by atomic mass is 9.92. The summed E-state index contributed by atoms with van der Waals surface area (Å²) in [6, 6.07) is 18.0. The Kier molecular flexibility index (Phi) is 5.78. The first-order valence-corrected chi connectivity index (χ1v) is 10.3. The number of rotatable bonds is 4. The van der Waals surface area contributed by atoms with E-state index in [2.05, 4.69) is 51.4 Å². The number of carbonyl (C=O) groups excluding carboxylic acids is 1. The lowest BCUT2D eigenvalue weighted by Gasteiger charge is -2.23. The van der Waals surface area contributed by atoms with Crippen molar-refractivity contribution in [2.45, 2.75) is 31.4 Å². The van der Waals surface area contributed by atoms with Gasteiger partial charge in [0.25, 0.3) is 0 Å². The molecule has 0 aliphatic carbocycles. The number of esters is 1. The zero-order valence-corrected chi connectivity index (χ0v) is 17.9. The van der Waals surface area contributed by atoms with Gasteiger partial charge in [0.05, 0.1) is 37.6 Å². The Hall–Kier alpha value is -2.51. The van der Waals surface area contributed by atoms with Crippen LogP contribution in [0.4, 0.5) is 0 Å². The van der Waals surface area contributed by atoms with Gasteiger partial charge in [-0.2, -0.15) is 0 Å². The number of fused-ring (bicyclic) bond motifs is 1. The van der Waals surface area contributed by atoms with Crippen molar-refractivity contribution in [2.75, 3.05) is 13.7 Å². The van der Waals surface area contributed by atoms with Crippen molar-refractivity contribution in [3.8, 4) is 0 Å². The normalized spacial score (nSPS) is 21.3. The first-order valence-electron chi connectivity index (χ1n) is 9.52. The molecule has 0 bridgehead atoms.